The molecule has 0 atom stereocenters. The number of halogens is 2. The van der Waals surface area contributed by atoms with E-state index in [1.807, 2.05) is 13.8 Å². The number of imide groups is 1. The van der Waals surface area contributed by atoms with Gasteiger partial charge in [0.1, 0.15) is 5.82 Å². The molecule has 10 heteroatoms. The Morgan fingerprint density at radius 1 is 0.886 bits per heavy atom. The van der Waals surface area contributed by atoms with E-state index in [2.05, 4.69) is 4.98 Å². The Balaban J connectivity index is 1.67. The van der Waals surface area contributed by atoms with Crippen molar-refractivity contribution in [2.75, 3.05) is 0 Å². The van der Waals surface area contributed by atoms with Gasteiger partial charge in [-0.2, -0.15) is 0 Å². The number of rotatable bonds is 5. The van der Waals surface area contributed by atoms with Crippen molar-refractivity contribution in [1.29, 1.82) is 0 Å². The molecular formula is C25H19Cl2N3O4S. The Morgan fingerprint density at radius 2 is 1.46 bits per heavy atom. The molecule has 0 N–H and O–H groups in total. The van der Waals surface area contributed by atoms with Crippen molar-refractivity contribution < 1.29 is 18.0 Å². The quantitative estimate of drug-likeness (QED) is 0.319. The lowest BCUT2D eigenvalue weighted by molar-refractivity contribution is 0.0638. The van der Waals surface area contributed by atoms with Gasteiger partial charge in [-0.15, -0.1) is 0 Å². The smallest absolute Gasteiger partial charge is 0.269 e. The maximum Gasteiger partial charge on any atom is 0.269 e. The zero-order valence-corrected chi connectivity index (χ0v) is 21.0. The zero-order chi connectivity index (χ0) is 25.1. The molecule has 35 heavy (non-hydrogen) atoms. The third kappa shape index (κ3) is 3.82. The summed E-state index contributed by atoms with van der Waals surface area (Å²) in [6.45, 7) is 3.68. The van der Waals surface area contributed by atoms with Crippen LogP contribution in [-0.2, 0) is 16.6 Å². The van der Waals surface area contributed by atoms with Crippen LogP contribution in [0.15, 0.2) is 65.6 Å². The monoisotopic (exact) mass is 527 g/mol. The van der Waals surface area contributed by atoms with Gasteiger partial charge in [0.05, 0.1) is 43.6 Å². The Labute approximate surface area is 212 Å². The first-order chi connectivity index (χ1) is 16.6. The SMILES string of the molecule is CC(C)c1ccc(S(=O)(=O)n2c(CN3C(=O)c4ccccc4C3=O)nc3cc(Cl)c(Cl)cc32)cc1. The van der Waals surface area contributed by atoms with Gasteiger partial charge in [0, 0.05) is 0 Å². The van der Waals surface area contributed by atoms with Gasteiger partial charge in [0.2, 0.25) is 0 Å². The number of fused-ring (bicyclic) bond motifs is 2. The number of hydrogen-bond acceptors (Lipinski definition) is 5. The molecule has 5 rings (SSSR count). The topological polar surface area (TPSA) is 89.3 Å². The number of hydrogen-bond donors (Lipinski definition) is 0. The minimum atomic E-state index is -4.17. The normalized spacial score (nSPS) is 13.8. The van der Waals surface area contributed by atoms with E-state index >= 15 is 0 Å². The first kappa shape index (κ1) is 23.5. The van der Waals surface area contributed by atoms with Gasteiger partial charge in [0.25, 0.3) is 21.8 Å². The molecule has 0 radical (unpaired) electrons. The summed E-state index contributed by atoms with van der Waals surface area (Å²) >= 11 is 12.4. The van der Waals surface area contributed by atoms with E-state index in [0.717, 1.165) is 14.4 Å². The first-order valence-corrected chi connectivity index (χ1v) is 13.0. The molecule has 0 bridgehead atoms. The summed E-state index contributed by atoms with van der Waals surface area (Å²) < 4.78 is 28.7. The van der Waals surface area contributed by atoms with E-state index in [0.29, 0.717) is 0 Å². The maximum atomic E-state index is 13.8. The predicted molar refractivity (Wildman–Crippen MR) is 134 cm³/mol. The summed E-state index contributed by atoms with van der Waals surface area (Å²) in [5.41, 5.74) is 1.98. The number of carbonyl (C=O) groups excluding carboxylic acids is 2. The van der Waals surface area contributed by atoms with Crippen LogP contribution in [0.4, 0.5) is 0 Å². The molecule has 0 aliphatic carbocycles. The van der Waals surface area contributed by atoms with Crippen molar-refractivity contribution in [1.82, 2.24) is 13.9 Å². The van der Waals surface area contributed by atoms with Crippen LogP contribution < -0.4 is 0 Å². The Kier molecular flexibility index (Phi) is 5.70. The maximum absolute atomic E-state index is 13.8. The summed E-state index contributed by atoms with van der Waals surface area (Å²) in [5.74, 6) is -0.815. The van der Waals surface area contributed by atoms with Crippen LogP contribution in [0.3, 0.4) is 0 Å². The molecule has 0 fully saturated rings. The summed E-state index contributed by atoms with van der Waals surface area (Å²) in [6, 6.07) is 15.9. The van der Waals surface area contributed by atoms with E-state index in [1.54, 1.807) is 36.4 Å². The highest BCUT2D eigenvalue weighted by Gasteiger charge is 2.37. The van der Waals surface area contributed by atoms with Gasteiger partial charge in [-0.05, 0) is 47.9 Å². The Hall–Kier alpha value is -3.20. The second-order valence-corrected chi connectivity index (χ2v) is 11.1. The van der Waals surface area contributed by atoms with Crippen molar-refractivity contribution in [3.63, 3.8) is 0 Å². The number of aromatic nitrogens is 2. The third-order valence-electron chi connectivity index (χ3n) is 5.98. The third-order valence-corrected chi connectivity index (χ3v) is 8.46. The second-order valence-electron chi connectivity index (χ2n) is 8.52. The van der Waals surface area contributed by atoms with Gasteiger partial charge in [-0.1, -0.05) is 61.3 Å². The minimum Gasteiger partial charge on any atom is -0.269 e. The average Bonchev–Trinajstić information content (AvgIpc) is 3.30. The fraction of sp³-hybridized carbons (Fsp3) is 0.160. The Morgan fingerprint density at radius 3 is 2.03 bits per heavy atom. The van der Waals surface area contributed by atoms with Gasteiger partial charge in [0.15, 0.2) is 0 Å². The Bertz CT molecular complexity index is 1590. The molecule has 0 spiro atoms. The fourth-order valence-corrected chi connectivity index (χ4v) is 5.91. The van der Waals surface area contributed by atoms with Crippen LogP contribution in [-0.4, -0.2) is 34.1 Å². The molecule has 0 saturated heterocycles. The summed E-state index contributed by atoms with van der Waals surface area (Å²) in [7, 11) is -4.17. The standard InChI is InChI=1S/C25H19Cl2N3O4S/c1-14(2)15-7-9-16(10-8-15)35(33,34)30-22-12-20(27)19(26)11-21(22)28-23(30)13-29-24(31)17-5-3-4-6-18(17)25(29)32/h3-12,14H,13H2,1-2H3. The summed E-state index contributed by atoms with van der Waals surface area (Å²) in [4.78, 5) is 31.4. The summed E-state index contributed by atoms with van der Waals surface area (Å²) in [5, 5.41) is 0.354. The lowest BCUT2D eigenvalue weighted by Gasteiger charge is -2.16. The highest BCUT2D eigenvalue weighted by molar-refractivity contribution is 7.90. The van der Waals surface area contributed by atoms with E-state index in [9.17, 15) is 18.0 Å². The highest BCUT2D eigenvalue weighted by atomic mass is 35.5. The van der Waals surface area contributed by atoms with E-state index in [-0.39, 0.29) is 55.4 Å². The van der Waals surface area contributed by atoms with Crippen molar-refractivity contribution in [3.05, 3.63) is 93.2 Å². The molecule has 4 aromatic rings. The zero-order valence-electron chi connectivity index (χ0n) is 18.7. The van der Waals surface area contributed by atoms with E-state index in [4.69, 9.17) is 23.2 Å². The van der Waals surface area contributed by atoms with Crippen molar-refractivity contribution in [2.45, 2.75) is 31.2 Å². The van der Waals surface area contributed by atoms with Gasteiger partial charge >= 0.3 is 0 Å². The average molecular weight is 528 g/mol. The van der Waals surface area contributed by atoms with Crippen LogP contribution in [0.25, 0.3) is 11.0 Å². The van der Waals surface area contributed by atoms with Gasteiger partial charge in [-0.3, -0.25) is 14.5 Å². The second kappa shape index (κ2) is 8.48. The number of carbonyl (C=O) groups is 2. The molecule has 1 aliphatic heterocycles. The molecule has 2 amide bonds. The van der Waals surface area contributed by atoms with Crippen LogP contribution in [0.1, 0.15) is 51.9 Å². The number of nitrogens with zero attached hydrogens (tertiary/aromatic N) is 3. The van der Waals surface area contributed by atoms with Crippen molar-refractivity contribution >= 4 is 56.1 Å². The molecule has 1 aliphatic rings. The lowest BCUT2D eigenvalue weighted by atomic mass is 10.0. The predicted octanol–water partition coefficient (Wildman–Crippen LogP) is 5.50. The minimum absolute atomic E-state index is 0.0132. The van der Waals surface area contributed by atoms with E-state index in [1.165, 1.54) is 24.3 Å². The van der Waals surface area contributed by atoms with Gasteiger partial charge < -0.3 is 0 Å². The molecule has 1 aromatic heterocycles. The first-order valence-electron chi connectivity index (χ1n) is 10.8. The van der Waals surface area contributed by atoms with E-state index < -0.39 is 21.8 Å². The van der Waals surface area contributed by atoms with Crippen molar-refractivity contribution in [3.8, 4) is 0 Å². The van der Waals surface area contributed by atoms with Crippen molar-refractivity contribution in [2.24, 2.45) is 0 Å². The van der Waals surface area contributed by atoms with Gasteiger partial charge in [-0.25, -0.2) is 17.4 Å². The fourth-order valence-electron chi connectivity index (χ4n) is 4.12. The molecule has 3 aromatic carbocycles. The van der Waals surface area contributed by atoms with Crippen LogP contribution in [0.2, 0.25) is 10.0 Å². The molecule has 7 nitrogen and oxygen atoms in total. The summed E-state index contributed by atoms with van der Waals surface area (Å²) in [6.07, 6.45) is 0. The lowest BCUT2D eigenvalue weighted by Crippen LogP contribution is -2.31. The molecule has 0 saturated carbocycles. The molecule has 0 unspecified atom stereocenters. The van der Waals surface area contributed by atoms with Crippen LogP contribution in [0.5, 0.6) is 0 Å². The highest BCUT2D eigenvalue weighted by Crippen LogP contribution is 2.32. The molecule has 178 valence electrons. The molecule has 2 heterocycles. The molecular weight excluding hydrogens is 509 g/mol. The number of imidazole rings is 1. The van der Waals surface area contributed by atoms with Crippen LogP contribution >= 0.6 is 23.2 Å². The van der Waals surface area contributed by atoms with Crippen LogP contribution in [0, 0.1) is 0 Å². The largest absolute Gasteiger partial charge is 0.269 e. The number of benzene rings is 3. The number of amides is 2.